The second-order valence-corrected chi connectivity index (χ2v) is 10.5. The third-order valence-corrected chi connectivity index (χ3v) is 8.22. The molecule has 2 amide bonds. The highest BCUT2D eigenvalue weighted by Crippen LogP contribution is 2.21. The highest BCUT2D eigenvalue weighted by atomic mass is 32.2. The minimum atomic E-state index is -3.80. The summed E-state index contributed by atoms with van der Waals surface area (Å²) in [4.78, 5) is 24.8. The summed E-state index contributed by atoms with van der Waals surface area (Å²) in [5.41, 5.74) is 2.40. The predicted octanol–water partition coefficient (Wildman–Crippen LogP) is 2.33. The van der Waals surface area contributed by atoms with E-state index in [0.29, 0.717) is 5.69 Å². The van der Waals surface area contributed by atoms with E-state index in [1.54, 1.807) is 24.3 Å². The number of amides is 2. The fourth-order valence-corrected chi connectivity index (χ4v) is 5.50. The quantitative estimate of drug-likeness (QED) is 0.557. The van der Waals surface area contributed by atoms with Crippen LogP contribution >= 0.6 is 11.8 Å². The molecule has 2 aromatic rings. The van der Waals surface area contributed by atoms with E-state index in [-0.39, 0.29) is 23.1 Å². The molecule has 1 heterocycles. The van der Waals surface area contributed by atoms with Crippen LogP contribution < -0.4 is 16.0 Å². The standard InChI is InChI=1S/C22H27N3O4S2/c1-3-15-5-9-17(10-6-15)24-20(26)14-30-22-23-13-19(21(27)25-22)31(28,29)18-11-7-16(4-2)8-12-18/h5-12,19,22-23H,3-4,13-14H2,1-2H3,(H,24,26)(H,25,27). The van der Waals surface area contributed by atoms with Crippen molar-refractivity contribution in [3.05, 3.63) is 59.7 Å². The highest BCUT2D eigenvalue weighted by molar-refractivity contribution is 8.00. The van der Waals surface area contributed by atoms with Crippen molar-refractivity contribution in [2.45, 2.75) is 42.3 Å². The van der Waals surface area contributed by atoms with E-state index in [9.17, 15) is 18.0 Å². The van der Waals surface area contributed by atoms with Crippen molar-refractivity contribution in [3.8, 4) is 0 Å². The molecule has 0 aromatic heterocycles. The van der Waals surface area contributed by atoms with Crippen LogP contribution in [0.3, 0.4) is 0 Å². The van der Waals surface area contributed by atoms with Gasteiger partial charge in [0.1, 0.15) is 5.50 Å². The maximum absolute atomic E-state index is 12.8. The molecule has 1 aliphatic heterocycles. The molecule has 1 aliphatic rings. The second-order valence-electron chi connectivity index (χ2n) is 7.24. The number of sulfone groups is 1. The molecular weight excluding hydrogens is 434 g/mol. The Bertz CT molecular complexity index is 1020. The van der Waals surface area contributed by atoms with Crippen LogP contribution in [-0.4, -0.2) is 43.3 Å². The van der Waals surface area contributed by atoms with E-state index < -0.39 is 26.5 Å². The molecule has 2 atom stereocenters. The first-order valence-electron chi connectivity index (χ1n) is 10.2. The van der Waals surface area contributed by atoms with Crippen molar-refractivity contribution in [2.75, 3.05) is 17.6 Å². The van der Waals surface area contributed by atoms with E-state index >= 15 is 0 Å². The van der Waals surface area contributed by atoms with Crippen LogP contribution in [0.15, 0.2) is 53.4 Å². The van der Waals surface area contributed by atoms with Gasteiger partial charge in [-0.15, -0.1) is 11.8 Å². The molecule has 3 N–H and O–H groups in total. The largest absolute Gasteiger partial charge is 0.331 e. The van der Waals surface area contributed by atoms with Gasteiger partial charge < -0.3 is 10.6 Å². The van der Waals surface area contributed by atoms with E-state index in [2.05, 4.69) is 22.9 Å². The molecule has 3 rings (SSSR count). The molecule has 31 heavy (non-hydrogen) atoms. The van der Waals surface area contributed by atoms with Gasteiger partial charge in [-0.1, -0.05) is 38.1 Å². The number of rotatable bonds is 8. The van der Waals surface area contributed by atoms with Gasteiger partial charge in [0.05, 0.1) is 10.6 Å². The predicted molar refractivity (Wildman–Crippen MR) is 124 cm³/mol. The summed E-state index contributed by atoms with van der Waals surface area (Å²) < 4.78 is 25.7. The third-order valence-electron chi connectivity index (χ3n) is 5.12. The first-order chi connectivity index (χ1) is 14.8. The van der Waals surface area contributed by atoms with Gasteiger partial charge in [0.2, 0.25) is 11.8 Å². The number of thioether (sulfide) groups is 1. The lowest BCUT2D eigenvalue weighted by atomic mass is 10.1. The molecular formula is C22H27N3O4S2. The summed E-state index contributed by atoms with van der Waals surface area (Å²) >= 11 is 1.20. The third kappa shape index (κ3) is 5.87. The molecule has 2 aromatic carbocycles. The minimum absolute atomic E-state index is 0.0124. The van der Waals surface area contributed by atoms with Gasteiger partial charge in [-0.2, -0.15) is 0 Å². The van der Waals surface area contributed by atoms with Crippen molar-refractivity contribution in [1.29, 1.82) is 0 Å². The summed E-state index contributed by atoms with van der Waals surface area (Å²) in [6.07, 6.45) is 1.74. The van der Waals surface area contributed by atoms with Crippen LogP contribution in [0.1, 0.15) is 25.0 Å². The summed E-state index contributed by atoms with van der Waals surface area (Å²) in [6.45, 7) is 4.04. The zero-order valence-electron chi connectivity index (χ0n) is 17.6. The van der Waals surface area contributed by atoms with E-state index in [1.807, 2.05) is 31.2 Å². The number of benzene rings is 2. The van der Waals surface area contributed by atoms with Gasteiger partial charge in [-0.3, -0.25) is 14.9 Å². The monoisotopic (exact) mass is 461 g/mol. The van der Waals surface area contributed by atoms with E-state index in [1.165, 1.54) is 17.3 Å². The Morgan fingerprint density at radius 1 is 1.03 bits per heavy atom. The van der Waals surface area contributed by atoms with Crippen LogP contribution in [-0.2, 0) is 32.3 Å². The van der Waals surface area contributed by atoms with Crippen LogP contribution in [0.4, 0.5) is 5.69 Å². The number of nitrogens with one attached hydrogen (secondary N) is 3. The first kappa shape index (κ1) is 23.3. The van der Waals surface area contributed by atoms with Crippen LogP contribution in [0.2, 0.25) is 0 Å². The Morgan fingerprint density at radius 3 is 2.16 bits per heavy atom. The van der Waals surface area contributed by atoms with Crippen molar-refractivity contribution in [1.82, 2.24) is 10.6 Å². The highest BCUT2D eigenvalue weighted by Gasteiger charge is 2.38. The lowest BCUT2D eigenvalue weighted by Gasteiger charge is -2.29. The van der Waals surface area contributed by atoms with Gasteiger partial charge in [0.15, 0.2) is 15.1 Å². The van der Waals surface area contributed by atoms with Gasteiger partial charge in [-0.25, -0.2) is 8.42 Å². The number of hydrogen-bond donors (Lipinski definition) is 3. The van der Waals surface area contributed by atoms with Crippen LogP contribution in [0.5, 0.6) is 0 Å². The molecule has 1 saturated heterocycles. The maximum Gasteiger partial charge on any atom is 0.241 e. The first-order valence-corrected chi connectivity index (χ1v) is 12.8. The van der Waals surface area contributed by atoms with Crippen LogP contribution in [0, 0.1) is 0 Å². The van der Waals surface area contributed by atoms with Gasteiger partial charge in [0, 0.05) is 12.2 Å². The Hall–Kier alpha value is -2.36. The van der Waals surface area contributed by atoms with E-state index in [4.69, 9.17) is 0 Å². The molecule has 0 radical (unpaired) electrons. The average molecular weight is 462 g/mol. The molecule has 7 nitrogen and oxygen atoms in total. The van der Waals surface area contributed by atoms with Crippen molar-refractivity contribution in [3.63, 3.8) is 0 Å². The zero-order chi connectivity index (χ0) is 22.4. The Morgan fingerprint density at radius 2 is 1.61 bits per heavy atom. The second kappa shape index (κ2) is 10.3. The van der Waals surface area contributed by atoms with Gasteiger partial charge in [-0.05, 0) is 48.2 Å². The molecule has 9 heteroatoms. The molecule has 0 bridgehead atoms. The molecule has 2 unspecified atom stereocenters. The smallest absolute Gasteiger partial charge is 0.241 e. The Balaban J connectivity index is 1.52. The van der Waals surface area contributed by atoms with Crippen LogP contribution in [0.25, 0.3) is 0 Å². The normalized spacial score (nSPS) is 19.0. The molecule has 0 saturated carbocycles. The fraction of sp³-hybridized carbons (Fsp3) is 0.364. The van der Waals surface area contributed by atoms with Crippen molar-refractivity contribution < 1.29 is 18.0 Å². The summed E-state index contributed by atoms with van der Waals surface area (Å²) in [5, 5.41) is 7.26. The number of anilines is 1. The summed E-state index contributed by atoms with van der Waals surface area (Å²) in [5.74, 6) is -0.647. The SMILES string of the molecule is CCc1ccc(NC(=O)CSC2NCC(S(=O)(=O)c3ccc(CC)cc3)C(=O)N2)cc1. The molecule has 166 valence electrons. The topological polar surface area (TPSA) is 104 Å². The Labute approximate surface area is 187 Å². The lowest BCUT2D eigenvalue weighted by Crippen LogP contribution is -2.59. The minimum Gasteiger partial charge on any atom is -0.331 e. The summed E-state index contributed by atoms with van der Waals surface area (Å²) in [7, 11) is -3.80. The number of aryl methyl sites for hydroxylation is 2. The Kier molecular flexibility index (Phi) is 7.74. The van der Waals surface area contributed by atoms with Gasteiger partial charge >= 0.3 is 0 Å². The van der Waals surface area contributed by atoms with Crippen molar-refractivity contribution >= 4 is 39.1 Å². The number of carbonyl (C=O) groups is 2. The fourth-order valence-electron chi connectivity index (χ4n) is 3.19. The number of carbonyl (C=O) groups excluding carboxylic acids is 2. The molecule has 0 spiro atoms. The molecule has 1 fully saturated rings. The average Bonchev–Trinajstić information content (AvgIpc) is 2.78. The zero-order valence-corrected chi connectivity index (χ0v) is 19.2. The lowest BCUT2D eigenvalue weighted by molar-refractivity contribution is -0.122. The maximum atomic E-state index is 12.8. The van der Waals surface area contributed by atoms with Crippen molar-refractivity contribution in [2.24, 2.45) is 0 Å². The van der Waals surface area contributed by atoms with Gasteiger partial charge in [0.25, 0.3) is 0 Å². The van der Waals surface area contributed by atoms with E-state index in [0.717, 1.165) is 18.4 Å². The number of hydrogen-bond acceptors (Lipinski definition) is 6. The molecule has 0 aliphatic carbocycles. The summed E-state index contributed by atoms with van der Waals surface area (Å²) in [6, 6.07) is 14.2.